The molecule has 2 aromatic rings. The minimum Gasteiger partial charge on any atom is -0.377 e. The van der Waals surface area contributed by atoms with Gasteiger partial charge in [0, 0.05) is 49.1 Å². The van der Waals surface area contributed by atoms with Crippen molar-refractivity contribution in [2.45, 2.75) is 89.9 Å². The number of ether oxygens (including phenoxy) is 1. The summed E-state index contributed by atoms with van der Waals surface area (Å²) in [5, 5.41) is 5.79. The zero-order chi connectivity index (χ0) is 28.9. The van der Waals surface area contributed by atoms with Crippen molar-refractivity contribution in [3.63, 3.8) is 0 Å². The molecule has 5 atom stereocenters. The summed E-state index contributed by atoms with van der Waals surface area (Å²) >= 11 is 1.44. The van der Waals surface area contributed by atoms with Crippen LogP contribution >= 0.6 is 11.3 Å². The van der Waals surface area contributed by atoms with Crippen LogP contribution in [-0.2, 0) is 14.3 Å². The van der Waals surface area contributed by atoms with Gasteiger partial charge in [0.15, 0.2) is 0 Å². The first-order valence-electron chi connectivity index (χ1n) is 15.4. The van der Waals surface area contributed by atoms with Gasteiger partial charge in [-0.05, 0) is 38.5 Å². The molecule has 0 spiro atoms. The monoisotopic (exact) mass is 580 g/mol. The second kappa shape index (κ2) is 13.6. The van der Waals surface area contributed by atoms with Crippen molar-refractivity contribution < 1.29 is 19.1 Å². The van der Waals surface area contributed by atoms with Crippen LogP contribution in [0.25, 0.3) is 0 Å². The fourth-order valence-electron chi connectivity index (χ4n) is 6.63. The number of ketones is 1. The van der Waals surface area contributed by atoms with Gasteiger partial charge in [-0.25, -0.2) is 4.98 Å². The van der Waals surface area contributed by atoms with Crippen LogP contribution in [0.5, 0.6) is 0 Å². The van der Waals surface area contributed by atoms with E-state index in [0.717, 1.165) is 50.1 Å². The third-order valence-corrected chi connectivity index (χ3v) is 10.1. The number of nitrogens with zero attached hydrogens (tertiary/aromatic N) is 3. The largest absolute Gasteiger partial charge is 0.377 e. The second-order valence-corrected chi connectivity index (χ2v) is 12.8. The Morgan fingerprint density at radius 1 is 1.07 bits per heavy atom. The molecule has 3 aliphatic rings. The molecule has 2 aliphatic heterocycles. The summed E-state index contributed by atoms with van der Waals surface area (Å²) < 4.78 is 5.99. The number of rotatable bonds is 10. The predicted molar refractivity (Wildman–Crippen MR) is 160 cm³/mol. The molecule has 222 valence electrons. The summed E-state index contributed by atoms with van der Waals surface area (Å²) in [6.07, 6.45) is 7.00. The molecule has 8 nitrogen and oxygen atoms in total. The molecule has 3 fully saturated rings. The van der Waals surface area contributed by atoms with Crippen LogP contribution in [0, 0.1) is 11.8 Å². The Bertz CT molecular complexity index is 1200. The summed E-state index contributed by atoms with van der Waals surface area (Å²) in [5.74, 6) is -0.181. The number of carbonyl (C=O) groups excluding carboxylic acids is 3. The lowest BCUT2D eigenvalue weighted by atomic mass is 9.82. The van der Waals surface area contributed by atoms with Crippen LogP contribution < -0.4 is 5.32 Å². The number of piperazine rings is 1. The molecule has 1 N–H and O–H groups in total. The van der Waals surface area contributed by atoms with E-state index < -0.39 is 6.04 Å². The van der Waals surface area contributed by atoms with Crippen molar-refractivity contribution in [2.24, 2.45) is 11.8 Å². The average Bonchev–Trinajstić information content (AvgIpc) is 3.66. The average molecular weight is 581 g/mol. The maximum Gasteiger partial charge on any atom is 0.246 e. The van der Waals surface area contributed by atoms with E-state index in [4.69, 9.17) is 9.72 Å². The van der Waals surface area contributed by atoms with Crippen LogP contribution in [0.15, 0.2) is 35.7 Å². The first-order valence-corrected chi connectivity index (χ1v) is 16.3. The molecule has 0 bridgehead atoms. The maximum absolute atomic E-state index is 14.6. The highest BCUT2D eigenvalue weighted by Crippen LogP contribution is 2.37. The van der Waals surface area contributed by atoms with Gasteiger partial charge >= 0.3 is 0 Å². The molecule has 3 heterocycles. The molecule has 1 aliphatic carbocycles. The number of aromatic nitrogens is 1. The van der Waals surface area contributed by atoms with Crippen LogP contribution in [-0.4, -0.2) is 76.8 Å². The summed E-state index contributed by atoms with van der Waals surface area (Å²) in [5.41, 5.74) is 1.01. The fraction of sp³-hybridized carbons (Fsp3) is 0.625. The number of amides is 2. The Balaban J connectivity index is 1.44. The Labute approximate surface area is 247 Å². The van der Waals surface area contributed by atoms with Gasteiger partial charge in [-0.15, -0.1) is 11.3 Å². The molecule has 5 rings (SSSR count). The number of benzene rings is 1. The van der Waals surface area contributed by atoms with Crippen molar-refractivity contribution in [3.8, 4) is 0 Å². The highest BCUT2D eigenvalue weighted by molar-refractivity contribution is 7.10. The van der Waals surface area contributed by atoms with Crippen LogP contribution in [0.4, 0.5) is 0 Å². The van der Waals surface area contributed by atoms with E-state index >= 15 is 0 Å². The van der Waals surface area contributed by atoms with Crippen molar-refractivity contribution in [1.82, 2.24) is 20.1 Å². The zero-order valence-corrected chi connectivity index (χ0v) is 25.4. The third-order valence-electron chi connectivity index (χ3n) is 9.19. The second-order valence-electron chi connectivity index (χ2n) is 11.9. The number of hydrogen-bond donors (Lipinski definition) is 1. The smallest absolute Gasteiger partial charge is 0.246 e. The number of fused-ring (bicyclic) bond motifs is 1. The van der Waals surface area contributed by atoms with E-state index in [2.05, 4.69) is 10.2 Å². The van der Waals surface area contributed by atoms with Crippen molar-refractivity contribution in [2.75, 3.05) is 26.2 Å². The van der Waals surface area contributed by atoms with E-state index in [9.17, 15) is 14.4 Å². The van der Waals surface area contributed by atoms with Gasteiger partial charge in [0.05, 0.1) is 12.1 Å². The van der Waals surface area contributed by atoms with Gasteiger partial charge in [-0.2, -0.15) is 0 Å². The first kappa shape index (κ1) is 29.9. The molecule has 1 aromatic carbocycles. The Kier molecular flexibility index (Phi) is 9.88. The minimum atomic E-state index is -0.541. The Morgan fingerprint density at radius 2 is 1.83 bits per heavy atom. The molecule has 0 unspecified atom stereocenters. The van der Waals surface area contributed by atoms with Crippen LogP contribution in [0.1, 0.15) is 92.8 Å². The van der Waals surface area contributed by atoms with Gasteiger partial charge in [-0.1, -0.05) is 63.4 Å². The number of hydrogen-bond acceptors (Lipinski definition) is 7. The van der Waals surface area contributed by atoms with E-state index in [1.807, 2.05) is 49.3 Å². The quantitative estimate of drug-likeness (QED) is 0.404. The normalized spacial score (nSPS) is 25.0. The lowest BCUT2D eigenvalue weighted by Gasteiger charge is -2.45. The van der Waals surface area contributed by atoms with Gasteiger partial charge in [0.25, 0.3) is 0 Å². The van der Waals surface area contributed by atoms with Gasteiger partial charge in [0.2, 0.25) is 17.6 Å². The molecule has 2 saturated heterocycles. The van der Waals surface area contributed by atoms with Crippen molar-refractivity contribution in [1.29, 1.82) is 0 Å². The van der Waals surface area contributed by atoms with E-state index in [0.29, 0.717) is 31.0 Å². The Morgan fingerprint density at radius 3 is 2.54 bits per heavy atom. The maximum atomic E-state index is 14.6. The summed E-state index contributed by atoms with van der Waals surface area (Å²) in [6.45, 7) is 8.65. The van der Waals surface area contributed by atoms with E-state index in [1.54, 1.807) is 12.1 Å². The van der Waals surface area contributed by atoms with Crippen LogP contribution in [0.2, 0.25) is 0 Å². The standard InChI is InChI=1S/C32H44N4O4S/c1-4-21(3)30(38)34-28(22-12-8-6-9-13-22)32(39)36-17-24-16-25(40-5-2)18-35(24)19-27(36)31-33-26(20-41-31)29(37)23-14-10-7-11-15-23/h7,10-11,14-15,20-22,24-25,27-28H,4-6,8-9,12-13,16-19H2,1-3H3,(H,34,38)/t21-,24-,25-,27+,28+/m1/s1. The van der Waals surface area contributed by atoms with Gasteiger partial charge in [-0.3, -0.25) is 19.3 Å². The number of carbonyl (C=O) groups is 3. The predicted octanol–water partition coefficient (Wildman–Crippen LogP) is 4.85. The molecular weight excluding hydrogens is 536 g/mol. The lowest BCUT2D eigenvalue weighted by Crippen LogP contribution is -2.60. The number of thiazole rings is 1. The topological polar surface area (TPSA) is 91.8 Å². The first-order chi connectivity index (χ1) is 19.9. The van der Waals surface area contributed by atoms with E-state index in [1.165, 1.54) is 17.8 Å². The molecule has 41 heavy (non-hydrogen) atoms. The van der Waals surface area contributed by atoms with Gasteiger partial charge in [0.1, 0.15) is 16.7 Å². The molecule has 1 aromatic heterocycles. The van der Waals surface area contributed by atoms with Crippen LogP contribution in [0.3, 0.4) is 0 Å². The third kappa shape index (κ3) is 6.73. The minimum absolute atomic E-state index is 0.0100. The zero-order valence-electron chi connectivity index (χ0n) is 24.6. The lowest BCUT2D eigenvalue weighted by molar-refractivity contribution is -0.144. The summed E-state index contributed by atoms with van der Waals surface area (Å²) in [4.78, 5) is 50.1. The molecule has 9 heteroatoms. The summed E-state index contributed by atoms with van der Waals surface area (Å²) in [7, 11) is 0. The van der Waals surface area contributed by atoms with Crippen molar-refractivity contribution >= 4 is 28.9 Å². The molecular formula is C32H44N4O4S. The van der Waals surface area contributed by atoms with Gasteiger partial charge < -0.3 is 15.0 Å². The molecule has 1 saturated carbocycles. The molecule has 2 amide bonds. The highest BCUT2D eigenvalue weighted by Gasteiger charge is 2.46. The number of nitrogens with one attached hydrogen (secondary N) is 1. The Hall–Kier alpha value is -2.62. The van der Waals surface area contributed by atoms with E-state index in [-0.39, 0.29) is 47.6 Å². The fourth-order valence-corrected chi connectivity index (χ4v) is 7.53. The molecule has 0 radical (unpaired) electrons. The van der Waals surface area contributed by atoms with Crippen molar-refractivity contribution in [3.05, 3.63) is 52.0 Å². The summed E-state index contributed by atoms with van der Waals surface area (Å²) in [6, 6.07) is 8.57. The SMILES string of the molecule is CCO[C@@H]1C[C@@H]2CN(C(=O)[C@@H](NC(=O)[C@H](C)CC)C3CCCCC3)[C@H](c3nc(C(=O)c4ccccc4)cs3)CN2C1. The highest BCUT2D eigenvalue weighted by atomic mass is 32.1.